The molecule has 0 aromatic carbocycles. The molecule has 3 rings (SSSR count). The normalized spacial score (nSPS) is 24.2. The van der Waals surface area contributed by atoms with Crippen LogP contribution >= 0.6 is 22.9 Å². The highest BCUT2D eigenvalue weighted by Crippen LogP contribution is 2.25. The monoisotopic (exact) mass is 315 g/mol. The van der Waals surface area contributed by atoms with Gasteiger partial charge in [-0.3, -0.25) is 9.69 Å². The van der Waals surface area contributed by atoms with Crippen molar-refractivity contribution in [3.05, 3.63) is 15.5 Å². The van der Waals surface area contributed by atoms with Crippen LogP contribution < -0.4 is 0 Å². The predicted molar refractivity (Wildman–Crippen MR) is 78.4 cm³/mol. The van der Waals surface area contributed by atoms with Crippen molar-refractivity contribution in [2.45, 2.75) is 18.9 Å². The van der Waals surface area contributed by atoms with Gasteiger partial charge in [-0.15, -0.1) is 0 Å². The second-order valence-corrected chi connectivity index (χ2v) is 6.80. The van der Waals surface area contributed by atoms with E-state index in [-0.39, 0.29) is 5.91 Å². The molecule has 2 aliphatic rings. The summed E-state index contributed by atoms with van der Waals surface area (Å²) in [6.07, 6.45) is 3.74. The van der Waals surface area contributed by atoms with Gasteiger partial charge < -0.3 is 9.64 Å². The fraction of sp³-hybridized carbons (Fsp3) is 0.692. The van der Waals surface area contributed by atoms with E-state index < -0.39 is 0 Å². The molecule has 3 heterocycles. The van der Waals surface area contributed by atoms with Gasteiger partial charge in [-0.2, -0.15) is 0 Å². The molecular formula is C13H18ClN3O2S. The van der Waals surface area contributed by atoms with Gasteiger partial charge in [0.1, 0.15) is 4.88 Å². The van der Waals surface area contributed by atoms with Crippen LogP contribution in [0.1, 0.15) is 22.5 Å². The predicted octanol–water partition coefficient (Wildman–Crippen LogP) is 1.73. The zero-order valence-electron chi connectivity index (χ0n) is 11.3. The topological polar surface area (TPSA) is 45.7 Å². The van der Waals surface area contributed by atoms with E-state index in [1.54, 1.807) is 6.20 Å². The highest BCUT2D eigenvalue weighted by molar-refractivity contribution is 7.17. The Morgan fingerprint density at radius 1 is 1.45 bits per heavy atom. The minimum atomic E-state index is 0.0742. The van der Waals surface area contributed by atoms with Crippen molar-refractivity contribution in [2.24, 2.45) is 0 Å². The third kappa shape index (κ3) is 3.14. The Balaban J connectivity index is 1.64. The number of hydrogen-bond acceptors (Lipinski definition) is 5. The third-order valence-electron chi connectivity index (χ3n) is 3.90. The lowest BCUT2D eigenvalue weighted by molar-refractivity contribution is 0.0262. The number of hydrogen-bond donors (Lipinski definition) is 0. The fourth-order valence-electron chi connectivity index (χ4n) is 2.87. The number of aromatic nitrogens is 1. The Labute approximate surface area is 127 Å². The summed E-state index contributed by atoms with van der Waals surface area (Å²) in [7, 11) is 0. The molecule has 1 atom stereocenters. The van der Waals surface area contributed by atoms with Crippen molar-refractivity contribution in [3.8, 4) is 0 Å². The number of rotatable bonds is 3. The van der Waals surface area contributed by atoms with Crippen LogP contribution in [0.25, 0.3) is 0 Å². The van der Waals surface area contributed by atoms with Crippen LogP contribution in [-0.4, -0.2) is 66.1 Å². The van der Waals surface area contributed by atoms with Crippen molar-refractivity contribution >= 4 is 28.8 Å². The van der Waals surface area contributed by atoms with Crippen LogP contribution in [0.3, 0.4) is 0 Å². The van der Waals surface area contributed by atoms with Crippen molar-refractivity contribution in [1.29, 1.82) is 0 Å². The van der Waals surface area contributed by atoms with E-state index in [1.807, 2.05) is 4.90 Å². The second-order valence-electron chi connectivity index (χ2n) is 5.19. The lowest BCUT2D eigenvalue weighted by atomic mass is 10.2. The smallest absolute Gasteiger partial charge is 0.265 e. The maximum atomic E-state index is 12.5. The highest BCUT2D eigenvalue weighted by Gasteiger charge is 2.31. The molecule has 1 aromatic heterocycles. The summed E-state index contributed by atoms with van der Waals surface area (Å²) >= 11 is 7.08. The Hall–Kier alpha value is -0.690. The number of amides is 1. The molecule has 0 aliphatic carbocycles. The third-order valence-corrected chi connectivity index (χ3v) is 5.00. The van der Waals surface area contributed by atoms with Crippen LogP contribution in [0, 0.1) is 0 Å². The first-order chi connectivity index (χ1) is 9.74. The average Bonchev–Trinajstić information content (AvgIpc) is 3.08. The summed E-state index contributed by atoms with van der Waals surface area (Å²) in [4.78, 5) is 21.5. The molecule has 0 bridgehead atoms. The van der Waals surface area contributed by atoms with Gasteiger partial charge in [0.25, 0.3) is 5.91 Å². The molecule has 20 heavy (non-hydrogen) atoms. The van der Waals surface area contributed by atoms with Crippen molar-refractivity contribution in [3.63, 3.8) is 0 Å². The van der Waals surface area contributed by atoms with Gasteiger partial charge in [0.05, 0.1) is 19.4 Å². The minimum absolute atomic E-state index is 0.0742. The van der Waals surface area contributed by atoms with Gasteiger partial charge in [0.2, 0.25) is 0 Å². The number of carbonyl (C=O) groups is 1. The largest absolute Gasteiger partial charge is 0.379 e. The van der Waals surface area contributed by atoms with Crippen molar-refractivity contribution in [2.75, 3.05) is 39.4 Å². The lowest BCUT2D eigenvalue weighted by Gasteiger charge is -2.32. The standard InChI is InChI=1S/C13H18ClN3O2S/c14-13-15-8-11(20-13)12(18)17-3-1-2-10(17)9-16-4-6-19-7-5-16/h8,10H,1-7,9H2/t10-/m1/s1. The van der Waals surface area contributed by atoms with Crippen LogP contribution in [-0.2, 0) is 4.74 Å². The molecule has 0 spiro atoms. The lowest BCUT2D eigenvalue weighted by Crippen LogP contribution is -2.46. The Morgan fingerprint density at radius 2 is 2.25 bits per heavy atom. The number of morpholine rings is 1. The summed E-state index contributed by atoms with van der Waals surface area (Å²) in [5.74, 6) is 0.0742. The van der Waals surface area contributed by atoms with E-state index in [1.165, 1.54) is 11.3 Å². The molecule has 5 nitrogen and oxygen atoms in total. The van der Waals surface area contributed by atoms with Gasteiger partial charge in [0.15, 0.2) is 4.47 Å². The van der Waals surface area contributed by atoms with E-state index in [9.17, 15) is 4.79 Å². The van der Waals surface area contributed by atoms with Crippen molar-refractivity contribution in [1.82, 2.24) is 14.8 Å². The van der Waals surface area contributed by atoms with Crippen LogP contribution in [0.4, 0.5) is 0 Å². The molecule has 110 valence electrons. The molecule has 2 saturated heterocycles. The minimum Gasteiger partial charge on any atom is -0.379 e. The summed E-state index contributed by atoms with van der Waals surface area (Å²) in [6, 6.07) is 0.307. The number of likely N-dealkylation sites (tertiary alicyclic amines) is 1. The second kappa shape index (κ2) is 6.39. The summed E-state index contributed by atoms with van der Waals surface area (Å²) in [6.45, 7) is 5.30. The molecular weight excluding hydrogens is 298 g/mol. The number of halogens is 1. The average molecular weight is 316 g/mol. The summed E-state index contributed by atoms with van der Waals surface area (Å²) in [5.41, 5.74) is 0. The van der Waals surface area contributed by atoms with Gasteiger partial charge in [0, 0.05) is 32.2 Å². The number of carbonyl (C=O) groups excluding carboxylic acids is 1. The highest BCUT2D eigenvalue weighted by atomic mass is 35.5. The molecule has 0 saturated carbocycles. The van der Waals surface area contributed by atoms with Crippen LogP contribution in [0.5, 0.6) is 0 Å². The van der Waals surface area contributed by atoms with Crippen LogP contribution in [0.15, 0.2) is 6.20 Å². The first-order valence-electron chi connectivity index (χ1n) is 6.96. The molecule has 2 aliphatic heterocycles. The van der Waals surface area contributed by atoms with E-state index >= 15 is 0 Å². The first-order valence-corrected chi connectivity index (χ1v) is 8.16. The number of thiazole rings is 1. The molecule has 0 radical (unpaired) electrons. The van der Waals surface area contributed by atoms with Gasteiger partial charge in [-0.1, -0.05) is 22.9 Å². The molecule has 0 N–H and O–H groups in total. The van der Waals surface area contributed by atoms with Crippen molar-refractivity contribution < 1.29 is 9.53 Å². The Bertz CT molecular complexity index is 476. The quantitative estimate of drug-likeness (QED) is 0.852. The van der Waals surface area contributed by atoms with Gasteiger partial charge in [-0.05, 0) is 12.8 Å². The molecule has 0 unspecified atom stereocenters. The molecule has 1 aromatic rings. The van der Waals surface area contributed by atoms with E-state index in [4.69, 9.17) is 16.3 Å². The molecule has 2 fully saturated rings. The maximum absolute atomic E-state index is 12.5. The number of ether oxygens (including phenoxy) is 1. The summed E-state index contributed by atoms with van der Waals surface area (Å²) < 4.78 is 5.80. The van der Waals surface area contributed by atoms with E-state index in [2.05, 4.69) is 9.88 Å². The Kier molecular flexibility index (Phi) is 4.55. The molecule has 1 amide bonds. The number of nitrogens with zero attached hydrogens (tertiary/aromatic N) is 3. The summed E-state index contributed by atoms with van der Waals surface area (Å²) in [5, 5.41) is 0. The maximum Gasteiger partial charge on any atom is 0.265 e. The SMILES string of the molecule is O=C(c1cnc(Cl)s1)N1CCC[C@@H]1CN1CCOCC1. The first kappa shape index (κ1) is 14.3. The Morgan fingerprint density at radius 3 is 2.95 bits per heavy atom. The molecule has 7 heteroatoms. The van der Waals surface area contributed by atoms with Crippen LogP contribution in [0.2, 0.25) is 4.47 Å². The van der Waals surface area contributed by atoms with Gasteiger partial charge in [-0.25, -0.2) is 4.98 Å². The van der Waals surface area contributed by atoms with Gasteiger partial charge >= 0.3 is 0 Å². The van der Waals surface area contributed by atoms with E-state index in [0.29, 0.717) is 15.4 Å². The zero-order valence-corrected chi connectivity index (χ0v) is 12.8. The fourth-order valence-corrected chi connectivity index (χ4v) is 3.76. The zero-order chi connectivity index (χ0) is 13.9. The van der Waals surface area contributed by atoms with E-state index in [0.717, 1.165) is 52.2 Å².